The highest BCUT2D eigenvalue weighted by Crippen LogP contribution is 2.31. The molecule has 1 aromatic carbocycles. The highest BCUT2D eigenvalue weighted by atomic mass is 16.6. The molecule has 6 nitrogen and oxygen atoms in total. The van der Waals surface area contributed by atoms with E-state index >= 15 is 0 Å². The number of hydrogen-bond acceptors (Lipinski definition) is 5. The molecular formula is C18H21N3O3. The Bertz CT molecular complexity index is 703. The Kier molecular flexibility index (Phi) is 4.93. The summed E-state index contributed by atoms with van der Waals surface area (Å²) in [7, 11) is 0. The third kappa shape index (κ3) is 3.64. The number of ether oxygens (including phenoxy) is 2. The zero-order valence-corrected chi connectivity index (χ0v) is 13.9. The number of hydrogen-bond donors (Lipinski definition) is 0. The maximum atomic E-state index is 12.7. The summed E-state index contributed by atoms with van der Waals surface area (Å²) in [6.07, 6.45) is 3.78. The summed E-state index contributed by atoms with van der Waals surface area (Å²) in [5, 5.41) is 0. The van der Waals surface area contributed by atoms with Gasteiger partial charge in [-0.05, 0) is 25.5 Å². The zero-order chi connectivity index (χ0) is 16.9. The van der Waals surface area contributed by atoms with E-state index < -0.39 is 0 Å². The lowest BCUT2D eigenvalue weighted by atomic mass is 10.2. The Morgan fingerprint density at radius 1 is 1.25 bits per heavy atom. The van der Waals surface area contributed by atoms with Gasteiger partial charge >= 0.3 is 0 Å². The van der Waals surface area contributed by atoms with Crippen LogP contribution >= 0.6 is 0 Å². The Hall–Kier alpha value is -2.63. The molecule has 1 unspecified atom stereocenters. The van der Waals surface area contributed by atoms with Crippen LogP contribution in [0, 0.1) is 6.92 Å². The van der Waals surface area contributed by atoms with Gasteiger partial charge in [-0.1, -0.05) is 19.1 Å². The van der Waals surface area contributed by atoms with Crippen molar-refractivity contribution in [3.63, 3.8) is 0 Å². The van der Waals surface area contributed by atoms with Crippen molar-refractivity contribution in [3.8, 4) is 11.5 Å². The molecular weight excluding hydrogens is 306 g/mol. The summed E-state index contributed by atoms with van der Waals surface area (Å²) in [6, 6.07) is 7.56. The van der Waals surface area contributed by atoms with E-state index in [1.54, 1.807) is 11.1 Å². The second kappa shape index (κ2) is 7.29. The molecule has 2 heterocycles. The van der Waals surface area contributed by atoms with Gasteiger partial charge in [-0.25, -0.2) is 4.98 Å². The van der Waals surface area contributed by atoms with Crippen LogP contribution in [-0.4, -0.2) is 46.6 Å². The molecule has 0 N–H and O–H groups in total. The third-order valence-corrected chi connectivity index (χ3v) is 3.77. The van der Waals surface area contributed by atoms with Gasteiger partial charge in [-0.15, -0.1) is 0 Å². The number of aryl methyl sites for hydroxylation is 1. The first-order chi connectivity index (χ1) is 11.7. The van der Waals surface area contributed by atoms with Crippen LogP contribution < -0.4 is 9.47 Å². The van der Waals surface area contributed by atoms with E-state index in [0.29, 0.717) is 31.1 Å². The molecule has 0 aliphatic carbocycles. The summed E-state index contributed by atoms with van der Waals surface area (Å²) in [5.41, 5.74) is 1.14. The molecule has 2 aromatic rings. The van der Waals surface area contributed by atoms with Crippen LogP contribution in [0.25, 0.3) is 0 Å². The molecule has 0 fully saturated rings. The van der Waals surface area contributed by atoms with Crippen molar-refractivity contribution in [1.82, 2.24) is 14.9 Å². The predicted octanol–water partition coefficient (Wildman–Crippen LogP) is 2.48. The molecule has 1 aliphatic rings. The lowest BCUT2D eigenvalue weighted by Crippen LogP contribution is -2.44. The number of amides is 1. The number of carbonyl (C=O) groups is 1. The second-order valence-corrected chi connectivity index (χ2v) is 5.79. The highest BCUT2D eigenvalue weighted by molar-refractivity contribution is 5.92. The van der Waals surface area contributed by atoms with Crippen molar-refractivity contribution in [3.05, 3.63) is 48.0 Å². The van der Waals surface area contributed by atoms with Crippen molar-refractivity contribution < 1.29 is 14.3 Å². The van der Waals surface area contributed by atoms with Crippen LogP contribution in [0.3, 0.4) is 0 Å². The first-order valence-corrected chi connectivity index (χ1v) is 8.13. The molecule has 3 rings (SSSR count). The summed E-state index contributed by atoms with van der Waals surface area (Å²) in [6.45, 7) is 5.39. The first-order valence-electron chi connectivity index (χ1n) is 8.13. The Balaban J connectivity index is 1.70. The lowest BCUT2D eigenvalue weighted by molar-refractivity contribution is 0.0458. The van der Waals surface area contributed by atoms with Crippen molar-refractivity contribution in [1.29, 1.82) is 0 Å². The van der Waals surface area contributed by atoms with Crippen LogP contribution in [-0.2, 0) is 0 Å². The number of rotatable bonds is 5. The van der Waals surface area contributed by atoms with Crippen molar-refractivity contribution in [2.45, 2.75) is 26.4 Å². The third-order valence-electron chi connectivity index (χ3n) is 3.77. The van der Waals surface area contributed by atoms with Crippen molar-refractivity contribution in [2.75, 3.05) is 19.7 Å². The van der Waals surface area contributed by atoms with Gasteiger partial charge in [-0.3, -0.25) is 9.78 Å². The molecule has 1 aromatic heterocycles. The van der Waals surface area contributed by atoms with Crippen LogP contribution in [0.4, 0.5) is 0 Å². The Morgan fingerprint density at radius 3 is 2.75 bits per heavy atom. The number of nitrogens with zero attached hydrogens (tertiary/aromatic N) is 3. The van der Waals surface area contributed by atoms with Gasteiger partial charge in [0.05, 0.1) is 18.4 Å². The van der Waals surface area contributed by atoms with Gasteiger partial charge < -0.3 is 14.4 Å². The van der Waals surface area contributed by atoms with E-state index in [0.717, 1.165) is 17.9 Å². The molecule has 126 valence electrons. The van der Waals surface area contributed by atoms with E-state index in [2.05, 4.69) is 9.97 Å². The largest absolute Gasteiger partial charge is 0.486 e. The van der Waals surface area contributed by atoms with Crippen LogP contribution in [0.15, 0.2) is 36.7 Å². The van der Waals surface area contributed by atoms with Crippen LogP contribution in [0.1, 0.15) is 29.5 Å². The molecule has 1 atom stereocenters. The van der Waals surface area contributed by atoms with Crippen molar-refractivity contribution in [2.24, 2.45) is 0 Å². The normalized spacial score (nSPS) is 15.8. The second-order valence-electron chi connectivity index (χ2n) is 5.79. The van der Waals surface area contributed by atoms with Gasteiger partial charge in [0, 0.05) is 12.7 Å². The highest BCUT2D eigenvalue weighted by Gasteiger charge is 2.26. The Labute approximate surface area is 141 Å². The van der Waals surface area contributed by atoms with Crippen LogP contribution in [0.2, 0.25) is 0 Å². The minimum absolute atomic E-state index is 0.133. The minimum Gasteiger partial charge on any atom is -0.486 e. The average molecular weight is 327 g/mol. The maximum Gasteiger partial charge on any atom is 0.274 e. The van der Waals surface area contributed by atoms with Gasteiger partial charge in [-0.2, -0.15) is 0 Å². The molecule has 0 radical (unpaired) electrons. The summed E-state index contributed by atoms with van der Waals surface area (Å²) in [4.78, 5) is 22.8. The van der Waals surface area contributed by atoms with E-state index in [-0.39, 0.29) is 12.0 Å². The number of aromatic nitrogens is 2. The molecule has 0 saturated heterocycles. The fourth-order valence-electron chi connectivity index (χ4n) is 2.61. The molecule has 0 spiro atoms. The summed E-state index contributed by atoms with van der Waals surface area (Å²) in [5.74, 6) is 1.33. The van der Waals surface area contributed by atoms with Gasteiger partial charge in [0.15, 0.2) is 17.6 Å². The number of benzene rings is 1. The topological polar surface area (TPSA) is 64.6 Å². The molecule has 1 aliphatic heterocycles. The van der Waals surface area contributed by atoms with Gasteiger partial charge in [0.2, 0.25) is 0 Å². The number of carbonyl (C=O) groups excluding carboxylic acids is 1. The fraction of sp³-hybridized carbons (Fsp3) is 0.389. The van der Waals surface area contributed by atoms with Gasteiger partial charge in [0.25, 0.3) is 5.91 Å². The lowest BCUT2D eigenvalue weighted by Gasteiger charge is -2.31. The molecule has 6 heteroatoms. The molecule has 0 saturated carbocycles. The standard InChI is InChI=1S/C18H21N3O3/c1-3-8-21(18(22)15-10-19-13(2)9-20-15)11-14-12-23-16-6-4-5-7-17(16)24-14/h4-7,9-10,14H,3,8,11-12H2,1-2H3. The predicted molar refractivity (Wildman–Crippen MR) is 89.3 cm³/mol. The van der Waals surface area contributed by atoms with E-state index in [1.165, 1.54) is 6.20 Å². The van der Waals surface area contributed by atoms with Gasteiger partial charge in [0.1, 0.15) is 12.3 Å². The maximum absolute atomic E-state index is 12.7. The smallest absolute Gasteiger partial charge is 0.274 e. The van der Waals surface area contributed by atoms with Crippen LogP contribution in [0.5, 0.6) is 11.5 Å². The fourth-order valence-corrected chi connectivity index (χ4v) is 2.61. The monoisotopic (exact) mass is 327 g/mol. The zero-order valence-electron chi connectivity index (χ0n) is 13.9. The summed E-state index contributed by atoms with van der Waals surface area (Å²) >= 11 is 0. The number of para-hydroxylation sites is 2. The molecule has 1 amide bonds. The van der Waals surface area contributed by atoms with Crippen molar-refractivity contribution >= 4 is 5.91 Å². The van der Waals surface area contributed by atoms with E-state index in [9.17, 15) is 4.79 Å². The SMILES string of the molecule is CCCN(CC1COc2ccccc2O1)C(=O)c1cnc(C)cn1. The number of fused-ring (bicyclic) bond motifs is 1. The molecule has 24 heavy (non-hydrogen) atoms. The van der Waals surface area contributed by atoms with E-state index in [1.807, 2.05) is 38.1 Å². The first kappa shape index (κ1) is 16.2. The van der Waals surface area contributed by atoms with E-state index in [4.69, 9.17) is 9.47 Å². The molecule has 0 bridgehead atoms. The summed E-state index contributed by atoms with van der Waals surface area (Å²) < 4.78 is 11.7. The quantitative estimate of drug-likeness (QED) is 0.844. The minimum atomic E-state index is -0.200. The Morgan fingerprint density at radius 2 is 2.04 bits per heavy atom. The average Bonchev–Trinajstić information content (AvgIpc) is 2.61.